The number of furan rings is 1. The van der Waals surface area contributed by atoms with E-state index in [1.165, 1.54) is 7.11 Å². The van der Waals surface area contributed by atoms with Crippen LogP contribution in [0.25, 0.3) is 0 Å². The number of nitrogens with zero attached hydrogens (tertiary/aromatic N) is 2. The molecule has 1 rings (SSSR count). The first kappa shape index (κ1) is 17.7. The van der Waals surface area contributed by atoms with Crippen molar-refractivity contribution in [1.82, 2.24) is 9.80 Å². The van der Waals surface area contributed by atoms with Crippen LogP contribution < -0.4 is 0 Å². The van der Waals surface area contributed by atoms with Gasteiger partial charge in [0, 0.05) is 19.6 Å². The summed E-state index contributed by atoms with van der Waals surface area (Å²) in [6, 6.07) is 3.67. The topological polar surface area (TPSA) is 45.9 Å². The lowest BCUT2D eigenvalue weighted by Gasteiger charge is -2.30. The van der Waals surface area contributed by atoms with Crippen LogP contribution in [0.4, 0.5) is 0 Å². The van der Waals surface area contributed by atoms with E-state index in [2.05, 4.69) is 49.4 Å². The van der Waals surface area contributed by atoms with Crippen LogP contribution in [0.5, 0.6) is 0 Å². The molecule has 21 heavy (non-hydrogen) atoms. The van der Waals surface area contributed by atoms with E-state index in [0.29, 0.717) is 5.92 Å². The highest BCUT2D eigenvalue weighted by Gasteiger charge is 2.21. The number of hydrogen-bond acceptors (Lipinski definition) is 5. The number of esters is 1. The second-order valence-electron chi connectivity index (χ2n) is 6.06. The zero-order valence-corrected chi connectivity index (χ0v) is 14.0. The zero-order chi connectivity index (χ0) is 16.0. The summed E-state index contributed by atoms with van der Waals surface area (Å²) in [5, 5.41) is 0. The highest BCUT2D eigenvalue weighted by molar-refractivity contribution is 5.86. The molecule has 1 atom stereocenters. The third-order valence-corrected chi connectivity index (χ3v) is 3.41. The molecule has 0 aliphatic heterocycles. The minimum absolute atomic E-state index is 0.130. The zero-order valence-electron chi connectivity index (χ0n) is 14.0. The average Bonchev–Trinajstić information content (AvgIpc) is 2.90. The lowest BCUT2D eigenvalue weighted by Crippen LogP contribution is -2.36. The number of ether oxygens (including phenoxy) is 1. The van der Waals surface area contributed by atoms with Gasteiger partial charge >= 0.3 is 5.97 Å². The number of hydrogen-bond donors (Lipinski definition) is 0. The molecule has 0 N–H and O–H groups in total. The third-order valence-electron chi connectivity index (χ3n) is 3.41. The van der Waals surface area contributed by atoms with Crippen molar-refractivity contribution in [3.63, 3.8) is 0 Å². The van der Waals surface area contributed by atoms with E-state index in [0.717, 1.165) is 25.4 Å². The molecule has 0 bridgehead atoms. The van der Waals surface area contributed by atoms with Crippen molar-refractivity contribution in [2.24, 2.45) is 5.92 Å². The Morgan fingerprint density at radius 3 is 2.43 bits per heavy atom. The molecule has 5 nitrogen and oxygen atoms in total. The molecular weight excluding hydrogens is 268 g/mol. The standard InChI is InChI=1S/C16H28N2O3/c1-12(2)11-18(10-9-17(4)5)13(3)14-7-8-15(21-14)16(19)20-6/h7-8,12-13H,9-11H2,1-6H3. The fourth-order valence-corrected chi connectivity index (χ4v) is 2.21. The van der Waals surface area contributed by atoms with Crippen molar-refractivity contribution < 1.29 is 13.9 Å². The van der Waals surface area contributed by atoms with Gasteiger partial charge in [-0.05, 0) is 39.1 Å². The summed E-state index contributed by atoms with van der Waals surface area (Å²) in [6.07, 6.45) is 0. The van der Waals surface area contributed by atoms with Gasteiger partial charge in [-0.3, -0.25) is 4.90 Å². The van der Waals surface area contributed by atoms with Crippen molar-refractivity contribution >= 4 is 5.97 Å². The van der Waals surface area contributed by atoms with E-state index < -0.39 is 5.97 Å². The first-order valence-corrected chi connectivity index (χ1v) is 7.42. The highest BCUT2D eigenvalue weighted by Crippen LogP contribution is 2.23. The van der Waals surface area contributed by atoms with Crippen molar-refractivity contribution in [3.8, 4) is 0 Å². The quantitative estimate of drug-likeness (QED) is 0.690. The third kappa shape index (κ3) is 5.52. The van der Waals surface area contributed by atoms with Gasteiger partial charge in [-0.25, -0.2) is 4.79 Å². The fourth-order valence-electron chi connectivity index (χ4n) is 2.21. The van der Waals surface area contributed by atoms with E-state index in [1.807, 2.05) is 6.07 Å². The van der Waals surface area contributed by atoms with Crippen LogP contribution in [-0.2, 0) is 4.74 Å². The van der Waals surface area contributed by atoms with Gasteiger partial charge in [-0.2, -0.15) is 0 Å². The second-order valence-corrected chi connectivity index (χ2v) is 6.06. The lowest BCUT2D eigenvalue weighted by atomic mass is 10.1. The van der Waals surface area contributed by atoms with Gasteiger partial charge in [0.2, 0.25) is 5.76 Å². The van der Waals surface area contributed by atoms with Gasteiger partial charge in [0.05, 0.1) is 13.2 Å². The molecule has 1 heterocycles. The Balaban J connectivity index is 2.80. The maximum absolute atomic E-state index is 11.5. The molecule has 0 aliphatic rings. The molecule has 120 valence electrons. The van der Waals surface area contributed by atoms with Gasteiger partial charge in [0.25, 0.3) is 0 Å². The summed E-state index contributed by atoms with van der Waals surface area (Å²) >= 11 is 0. The Bertz CT molecular complexity index is 440. The summed E-state index contributed by atoms with van der Waals surface area (Å²) in [5.41, 5.74) is 0. The van der Waals surface area contributed by atoms with Crippen LogP contribution in [-0.4, -0.2) is 56.6 Å². The smallest absolute Gasteiger partial charge is 0.373 e. The summed E-state index contributed by atoms with van der Waals surface area (Å²) < 4.78 is 10.3. The molecule has 1 unspecified atom stereocenters. The van der Waals surface area contributed by atoms with Crippen molar-refractivity contribution in [2.75, 3.05) is 40.8 Å². The van der Waals surface area contributed by atoms with Crippen LogP contribution in [0.1, 0.15) is 43.1 Å². The van der Waals surface area contributed by atoms with Crippen LogP contribution >= 0.6 is 0 Å². The van der Waals surface area contributed by atoms with E-state index >= 15 is 0 Å². The van der Waals surface area contributed by atoms with E-state index in [-0.39, 0.29) is 11.8 Å². The number of rotatable bonds is 8. The van der Waals surface area contributed by atoms with Crippen molar-refractivity contribution in [1.29, 1.82) is 0 Å². The van der Waals surface area contributed by atoms with Crippen LogP contribution in [0.2, 0.25) is 0 Å². The van der Waals surface area contributed by atoms with Gasteiger partial charge < -0.3 is 14.1 Å². The molecule has 1 aromatic rings. The minimum Gasteiger partial charge on any atom is -0.463 e. The Labute approximate surface area is 127 Å². The number of likely N-dealkylation sites (N-methyl/N-ethyl adjacent to an activating group) is 1. The van der Waals surface area contributed by atoms with Gasteiger partial charge in [-0.15, -0.1) is 0 Å². The van der Waals surface area contributed by atoms with Crippen LogP contribution in [0, 0.1) is 5.92 Å². The molecule has 0 aliphatic carbocycles. The molecule has 0 saturated heterocycles. The van der Waals surface area contributed by atoms with Gasteiger partial charge in [0.1, 0.15) is 5.76 Å². The molecule has 5 heteroatoms. The fraction of sp³-hybridized carbons (Fsp3) is 0.688. The molecule has 0 spiro atoms. The Kier molecular flexibility index (Phi) is 6.92. The normalized spacial score (nSPS) is 13.2. The summed E-state index contributed by atoms with van der Waals surface area (Å²) in [6.45, 7) is 9.46. The second kappa shape index (κ2) is 8.20. The molecule has 0 radical (unpaired) electrons. The van der Waals surface area contributed by atoms with Crippen molar-refractivity contribution in [2.45, 2.75) is 26.8 Å². The van der Waals surface area contributed by atoms with Gasteiger partial charge in [0.15, 0.2) is 0 Å². The molecule has 0 amide bonds. The SMILES string of the molecule is COC(=O)c1ccc(C(C)N(CCN(C)C)CC(C)C)o1. The molecule has 0 saturated carbocycles. The first-order chi connectivity index (χ1) is 9.85. The van der Waals surface area contributed by atoms with Crippen molar-refractivity contribution in [3.05, 3.63) is 23.7 Å². The molecule has 0 fully saturated rings. The number of carbonyl (C=O) groups is 1. The monoisotopic (exact) mass is 296 g/mol. The molecule has 0 aromatic carbocycles. The lowest BCUT2D eigenvalue weighted by molar-refractivity contribution is 0.0557. The average molecular weight is 296 g/mol. The molecule has 1 aromatic heterocycles. The first-order valence-electron chi connectivity index (χ1n) is 7.42. The largest absolute Gasteiger partial charge is 0.463 e. The maximum atomic E-state index is 11.5. The predicted molar refractivity (Wildman–Crippen MR) is 83.4 cm³/mol. The van der Waals surface area contributed by atoms with E-state index in [1.54, 1.807) is 6.07 Å². The Morgan fingerprint density at radius 1 is 1.24 bits per heavy atom. The minimum atomic E-state index is -0.433. The van der Waals surface area contributed by atoms with E-state index in [9.17, 15) is 4.79 Å². The van der Waals surface area contributed by atoms with Crippen LogP contribution in [0.3, 0.4) is 0 Å². The maximum Gasteiger partial charge on any atom is 0.373 e. The number of carbonyl (C=O) groups excluding carboxylic acids is 1. The Hall–Kier alpha value is -1.33. The Morgan fingerprint density at radius 2 is 1.90 bits per heavy atom. The molecular formula is C16H28N2O3. The van der Waals surface area contributed by atoms with E-state index in [4.69, 9.17) is 4.42 Å². The summed E-state index contributed by atoms with van der Waals surface area (Å²) in [7, 11) is 5.50. The predicted octanol–water partition coefficient (Wildman–Crippen LogP) is 2.65. The van der Waals surface area contributed by atoms with Gasteiger partial charge in [-0.1, -0.05) is 13.8 Å². The summed E-state index contributed by atoms with van der Waals surface area (Å²) in [4.78, 5) is 16.0. The number of methoxy groups -OCH3 is 1. The summed E-state index contributed by atoms with van der Waals surface area (Å²) in [5.74, 6) is 1.20. The van der Waals surface area contributed by atoms with Crippen LogP contribution in [0.15, 0.2) is 16.5 Å². The highest BCUT2D eigenvalue weighted by atomic mass is 16.5.